The van der Waals surface area contributed by atoms with Crippen LogP contribution in [0.4, 0.5) is 4.39 Å². The van der Waals surface area contributed by atoms with Crippen molar-refractivity contribution < 1.29 is 28.9 Å². The second-order valence-electron chi connectivity index (χ2n) is 7.92. The molecule has 2 aromatic carbocycles. The summed E-state index contributed by atoms with van der Waals surface area (Å²) in [6.45, 7) is 1.79. The molecular formula is C22H23ClFNO5. The van der Waals surface area contributed by atoms with Crippen molar-refractivity contribution in [1.29, 1.82) is 0 Å². The predicted molar refractivity (Wildman–Crippen MR) is 109 cm³/mol. The molecule has 0 aliphatic carbocycles. The first kappa shape index (κ1) is 20.9. The van der Waals surface area contributed by atoms with Crippen LogP contribution in [0.1, 0.15) is 28.8 Å². The van der Waals surface area contributed by atoms with E-state index in [2.05, 4.69) is 4.90 Å². The normalized spacial score (nSPS) is 18.6. The van der Waals surface area contributed by atoms with Crippen molar-refractivity contribution in [2.24, 2.45) is 0 Å². The fraction of sp³-hybridized carbons (Fsp3) is 0.409. The number of aromatic carboxylic acids is 1. The number of aliphatic hydroxyl groups excluding tert-OH is 1. The van der Waals surface area contributed by atoms with E-state index in [0.717, 1.165) is 61.9 Å². The van der Waals surface area contributed by atoms with E-state index in [1.807, 2.05) is 18.2 Å². The Bertz CT molecular complexity index is 945. The maximum atomic E-state index is 13.4. The minimum atomic E-state index is -1.21. The molecule has 1 spiro atoms. The molecule has 1 atom stereocenters. The summed E-state index contributed by atoms with van der Waals surface area (Å²) in [7, 11) is 0. The summed E-state index contributed by atoms with van der Waals surface area (Å²) in [4.78, 5) is 13.4. The maximum absolute atomic E-state index is 13.4. The van der Waals surface area contributed by atoms with Gasteiger partial charge in [-0.05, 0) is 35.9 Å². The Morgan fingerprint density at radius 3 is 2.77 bits per heavy atom. The van der Waals surface area contributed by atoms with Crippen LogP contribution in [0.5, 0.6) is 11.5 Å². The highest BCUT2D eigenvalue weighted by molar-refractivity contribution is 6.30. The van der Waals surface area contributed by atoms with Gasteiger partial charge in [0, 0.05) is 50.0 Å². The highest BCUT2D eigenvalue weighted by Gasteiger charge is 2.42. The van der Waals surface area contributed by atoms with Crippen LogP contribution in [0.2, 0.25) is 5.02 Å². The minimum Gasteiger partial charge on any atom is -0.490 e. The highest BCUT2D eigenvalue weighted by atomic mass is 35.5. The Balaban J connectivity index is 1.28. The van der Waals surface area contributed by atoms with Gasteiger partial charge in [-0.2, -0.15) is 0 Å². The zero-order valence-corrected chi connectivity index (χ0v) is 17.1. The SMILES string of the molecule is O=C(O)c1ccc(F)cc1OC[C@H](O)CN1CCC2(CC1)Cc1cc(Cl)ccc1O2. The van der Waals surface area contributed by atoms with Crippen LogP contribution in [-0.4, -0.2) is 59.0 Å². The Morgan fingerprint density at radius 2 is 2.03 bits per heavy atom. The van der Waals surface area contributed by atoms with Crippen LogP contribution in [0.25, 0.3) is 0 Å². The van der Waals surface area contributed by atoms with Crippen molar-refractivity contribution in [3.63, 3.8) is 0 Å². The smallest absolute Gasteiger partial charge is 0.339 e. The van der Waals surface area contributed by atoms with Crippen molar-refractivity contribution in [1.82, 2.24) is 4.90 Å². The van der Waals surface area contributed by atoms with Gasteiger partial charge in [-0.3, -0.25) is 0 Å². The molecule has 2 aliphatic rings. The van der Waals surface area contributed by atoms with Crippen molar-refractivity contribution >= 4 is 17.6 Å². The zero-order valence-electron chi connectivity index (χ0n) is 16.3. The predicted octanol–water partition coefficient (Wildman–Crippen LogP) is 3.39. The van der Waals surface area contributed by atoms with Crippen molar-refractivity contribution in [2.75, 3.05) is 26.2 Å². The fourth-order valence-corrected chi connectivity index (χ4v) is 4.35. The molecule has 1 saturated heterocycles. The van der Waals surface area contributed by atoms with E-state index >= 15 is 0 Å². The van der Waals surface area contributed by atoms with Gasteiger partial charge in [0.25, 0.3) is 0 Å². The maximum Gasteiger partial charge on any atom is 0.339 e. The number of rotatable bonds is 6. The lowest BCUT2D eigenvalue weighted by atomic mass is 9.87. The second-order valence-corrected chi connectivity index (χ2v) is 8.36. The molecule has 1 fully saturated rings. The molecule has 2 heterocycles. The van der Waals surface area contributed by atoms with Crippen LogP contribution in [0.15, 0.2) is 36.4 Å². The molecule has 0 saturated carbocycles. The van der Waals surface area contributed by atoms with Gasteiger partial charge in [0.2, 0.25) is 0 Å². The number of nitrogens with zero attached hydrogens (tertiary/aromatic N) is 1. The van der Waals surface area contributed by atoms with Gasteiger partial charge in [-0.15, -0.1) is 0 Å². The van der Waals surface area contributed by atoms with Crippen molar-refractivity contribution in [2.45, 2.75) is 31.0 Å². The van der Waals surface area contributed by atoms with Gasteiger partial charge < -0.3 is 24.6 Å². The lowest BCUT2D eigenvalue weighted by molar-refractivity contribution is -0.00204. The lowest BCUT2D eigenvalue weighted by Crippen LogP contribution is -2.49. The summed E-state index contributed by atoms with van der Waals surface area (Å²) in [5, 5.41) is 20.2. The molecule has 2 aliphatic heterocycles. The summed E-state index contributed by atoms with van der Waals surface area (Å²) >= 11 is 6.08. The number of hydrogen-bond acceptors (Lipinski definition) is 5. The number of β-amino-alcohol motifs (C(OH)–C–C–N with tert-alkyl or cyclic N) is 1. The first-order chi connectivity index (χ1) is 14.3. The summed E-state index contributed by atoms with van der Waals surface area (Å²) in [5.41, 5.74) is 0.776. The van der Waals surface area contributed by atoms with Gasteiger partial charge >= 0.3 is 5.97 Å². The number of carboxylic acid groups (broad SMARTS) is 1. The molecule has 4 rings (SSSR count). The van der Waals surface area contributed by atoms with E-state index in [1.165, 1.54) is 0 Å². The summed E-state index contributed by atoms with van der Waals surface area (Å²) in [6, 6.07) is 8.93. The molecule has 0 radical (unpaired) electrons. The molecular weight excluding hydrogens is 413 g/mol. The number of benzene rings is 2. The van der Waals surface area contributed by atoms with Crippen LogP contribution in [-0.2, 0) is 6.42 Å². The van der Waals surface area contributed by atoms with E-state index in [4.69, 9.17) is 21.1 Å². The van der Waals surface area contributed by atoms with E-state index in [1.54, 1.807) is 0 Å². The number of piperidine rings is 1. The second kappa shape index (κ2) is 8.41. The van der Waals surface area contributed by atoms with Crippen LogP contribution >= 0.6 is 11.6 Å². The average Bonchev–Trinajstić information content (AvgIpc) is 3.05. The van der Waals surface area contributed by atoms with Gasteiger partial charge in [0.15, 0.2) is 0 Å². The fourth-order valence-electron chi connectivity index (χ4n) is 4.15. The topological polar surface area (TPSA) is 79.2 Å². The molecule has 0 aromatic heterocycles. The number of fused-ring (bicyclic) bond motifs is 1. The van der Waals surface area contributed by atoms with E-state index in [-0.39, 0.29) is 23.5 Å². The number of aliphatic hydroxyl groups is 1. The number of halogens is 2. The number of carbonyl (C=O) groups is 1. The third kappa shape index (κ3) is 4.53. The third-order valence-electron chi connectivity index (χ3n) is 5.70. The van der Waals surface area contributed by atoms with Crippen LogP contribution in [0.3, 0.4) is 0 Å². The van der Waals surface area contributed by atoms with E-state index in [9.17, 15) is 19.4 Å². The minimum absolute atomic E-state index is 0.0880. The molecule has 0 bridgehead atoms. The van der Waals surface area contributed by atoms with Crippen LogP contribution in [0, 0.1) is 5.82 Å². The van der Waals surface area contributed by atoms with Gasteiger partial charge in [-0.25, -0.2) is 9.18 Å². The molecule has 2 aromatic rings. The first-order valence-electron chi connectivity index (χ1n) is 9.87. The highest BCUT2D eigenvalue weighted by Crippen LogP contribution is 2.41. The number of ether oxygens (including phenoxy) is 2. The first-order valence-corrected chi connectivity index (χ1v) is 10.2. The molecule has 0 amide bonds. The van der Waals surface area contributed by atoms with Gasteiger partial charge in [0.05, 0.1) is 0 Å². The van der Waals surface area contributed by atoms with Crippen molar-refractivity contribution in [3.8, 4) is 11.5 Å². The van der Waals surface area contributed by atoms with E-state index < -0.39 is 17.9 Å². The number of hydrogen-bond donors (Lipinski definition) is 2. The van der Waals surface area contributed by atoms with Crippen LogP contribution < -0.4 is 9.47 Å². The number of likely N-dealkylation sites (tertiary alicyclic amines) is 1. The monoisotopic (exact) mass is 435 g/mol. The zero-order chi connectivity index (χ0) is 21.3. The Labute approximate surface area is 178 Å². The Hall–Kier alpha value is -2.35. The summed E-state index contributed by atoms with van der Waals surface area (Å²) < 4.78 is 25.0. The Kier molecular flexibility index (Phi) is 5.86. The molecule has 160 valence electrons. The van der Waals surface area contributed by atoms with E-state index in [0.29, 0.717) is 11.6 Å². The standard InChI is InChI=1S/C22H23ClFNO5/c23-15-1-4-19-14(9-15)11-22(30-19)5-7-25(8-6-22)12-17(26)13-29-20-10-16(24)2-3-18(20)21(27)28/h1-4,9-10,17,26H,5-8,11-13H2,(H,27,28)/t17-/m1/s1. The molecule has 8 heteroatoms. The Morgan fingerprint density at radius 1 is 1.27 bits per heavy atom. The summed E-state index contributed by atoms with van der Waals surface area (Å²) in [5.74, 6) is -0.995. The number of carboxylic acids is 1. The third-order valence-corrected chi connectivity index (χ3v) is 5.94. The lowest BCUT2D eigenvalue weighted by Gasteiger charge is -2.39. The van der Waals surface area contributed by atoms with Gasteiger partial charge in [0.1, 0.15) is 41.2 Å². The van der Waals surface area contributed by atoms with Crippen molar-refractivity contribution in [3.05, 3.63) is 58.4 Å². The molecule has 6 nitrogen and oxygen atoms in total. The van der Waals surface area contributed by atoms with Gasteiger partial charge in [-0.1, -0.05) is 11.6 Å². The quantitative estimate of drug-likeness (QED) is 0.724. The molecule has 2 N–H and O–H groups in total. The molecule has 30 heavy (non-hydrogen) atoms. The summed E-state index contributed by atoms with van der Waals surface area (Å²) in [6.07, 6.45) is 1.67. The average molecular weight is 436 g/mol. The molecule has 0 unspecified atom stereocenters. The largest absolute Gasteiger partial charge is 0.490 e.